The Balaban J connectivity index is 2.03. The van der Waals surface area contributed by atoms with Crippen LogP contribution in [-0.2, 0) is 6.42 Å². The molecule has 0 saturated carbocycles. The molecule has 4 heteroatoms. The minimum atomic E-state index is -0.628. The van der Waals surface area contributed by atoms with E-state index in [9.17, 15) is 5.11 Å². The number of halogens is 1. The first-order valence-corrected chi connectivity index (χ1v) is 6.78. The van der Waals surface area contributed by atoms with Crippen molar-refractivity contribution in [1.82, 2.24) is 4.98 Å². The van der Waals surface area contributed by atoms with Gasteiger partial charge in [-0.05, 0) is 24.3 Å². The van der Waals surface area contributed by atoms with Gasteiger partial charge in [-0.15, -0.1) is 0 Å². The number of hydrogen-bond donors (Lipinski definition) is 1. The van der Waals surface area contributed by atoms with E-state index in [1.807, 2.05) is 36.4 Å². The molecular weight excluding hydrogens is 306 g/mol. The van der Waals surface area contributed by atoms with Gasteiger partial charge in [0.1, 0.15) is 5.76 Å². The molecular formula is C15H12BrNO2. The minimum absolute atomic E-state index is 0.445. The molecule has 0 saturated heterocycles. The van der Waals surface area contributed by atoms with Crippen LogP contribution >= 0.6 is 15.9 Å². The Bertz CT molecular complexity index is 694. The predicted molar refractivity (Wildman–Crippen MR) is 76.8 cm³/mol. The van der Waals surface area contributed by atoms with Gasteiger partial charge in [0.25, 0.3) is 0 Å². The van der Waals surface area contributed by atoms with E-state index in [0.29, 0.717) is 6.42 Å². The maximum Gasteiger partial charge on any atom is 0.106 e. The SMILES string of the molecule is OC(Cc1ccco1)c1ccc(Br)c2cccnc12. The van der Waals surface area contributed by atoms with Crippen molar-refractivity contribution >= 4 is 26.8 Å². The van der Waals surface area contributed by atoms with E-state index in [0.717, 1.165) is 26.7 Å². The summed E-state index contributed by atoms with van der Waals surface area (Å²) in [6.07, 6.45) is 3.16. The summed E-state index contributed by atoms with van der Waals surface area (Å²) in [6, 6.07) is 11.4. The molecule has 0 aliphatic heterocycles. The second-order valence-electron chi connectivity index (χ2n) is 4.34. The Labute approximate surface area is 119 Å². The molecule has 1 aromatic carbocycles. The molecule has 0 bridgehead atoms. The maximum atomic E-state index is 10.4. The highest BCUT2D eigenvalue weighted by Crippen LogP contribution is 2.30. The molecule has 0 spiro atoms. The molecule has 2 heterocycles. The third kappa shape index (κ3) is 2.41. The first kappa shape index (κ1) is 12.4. The van der Waals surface area contributed by atoms with E-state index in [-0.39, 0.29) is 0 Å². The van der Waals surface area contributed by atoms with Gasteiger partial charge in [0.2, 0.25) is 0 Å². The average molecular weight is 318 g/mol. The molecule has 3 aromatic rings. The molecule has 1 N–H and O–H groups in total. The number of rotatable bonds is 3. The quantitative estimate of drug-likeness (QED) is 0.797. The molecule has 0 radical (unpaired) electrons. The van der Waals surface area contributed by atoms with Crippen LogP contribution in [0.25, 0.3) is 10.9 Å². The van der Waals surface area contributed by atoms with E-state index in [1.54, 1.807) is 12.5 Å². The standard InChI is InChI=1S/C15H12BrNO2/c16-13-6-5-12(15-11(13)4-1-7-17-15)14(18)9-10-3-2-8-19-10/h1-8,14,18H,9H2. The summed E-state index contributed by atoms with van der Waals surface area (Å²) in [5, 5.41) is 11.4. The molecule has 0 aliphatic rings. The Morgan fingerprint density at radius 2 is 2.11 bits per heavy atom. The highest BCUT2D eigenvalue weighted by molar-refractivity contribution is 9.10. The van der Waals surface area contributed by atoms with Gasteiger partial charge in [-0.3, -0.25) is 4.98 Å². The summed E-state index contributed by atoms with van der Waals surface area (Å²) < 4.78 is 6.25. The largest absolute Gasteiger partial charge is 0.469 e. The average Bonchev–Trinajstić information content (AvgIpc) is 2.92. The van der Waals surface area contributed by atoms with Gasteiger partial charge in [0, 0.05) is 28.0 Å². The summed E-state index contributed by atoms with van der Waals surface area (Å²) in [6.45, 7) is 0. The number of hydrogen-bond acceptors (Lipinski definition) is 3. The van der Waals surface area contributed by atoms with Crippen molar-refractivity contribution in [1.29, 1.82) is 0 Å². The van der Waals surface area contributed by atoms with Crippen LogP contribution in [0, 0.1) is 0 Å². The number of fused-ring (bicyclic) bond motifs is 1. The van der Waals surface area contributed by atoms with Gasteiger partial charge in [0.15, 0.2) is 0 Å². The Morgan fingerprint density at radius 3 is 2.89 bits per heavy atom. The zero-order chi connectivity index (χ0) is 13.2. The Morgan fingerprint density at radius 1 is 1.21 bits per heavy atom. The van der Waals surface area contributed by atoms with E-state index < -0.39 is 6.10 Å². The van der Waals surface area contributed by atoms with E-state index in [1.165, 1.54) is 0 Å². The van der Waals surface area contributed by atoms with Crippen LogP contribution < -0.4 is 0 Å². The van der Waals surface area contributed by atoms with E-state index >= 15 is 0 Å². The van der Waals surface area contributed by atoms with Gasteiger partial charge in [-0.25, -0.2) is 0 Å². The minimum Gasteiger partial charge on any atom is -0.469 e. The molecule has 0 fully saturated rings. The van der Waals surface area contributed by atoms with Crippen molar-refractivity contribution in [3.8, 4) is 0 Å². The second-order valence-corrected chi connectivity index (χ2v) is 5.19. The van der Waals surface area contributed by atoms with Gasteiger partial charge >= 0.3 is 0 Å². The molecule has 3 nitrogen and oxygen atoms in total. The molecule has 1 unspecified atom stereocenters. The molecule has 0 amide bonds. The molecule has 1 atom stereocenters. The van der Waals surface area contributed by atoms with Crippen LogP contribution in [-0.4, -0.2) is 10.1 Å². The number of furan rings is 1. The zero-order valence-electron chi connectivity index (χ0n) is 10.1. The van der Waals surface area contributed by atoms with Crippen molar-refractivity contribution in [2.75, 3.05) is 0 Å². The summed E-state index contributed by atoms with van der Waals surface area (Å²) in [7, 11) is 0. The number of pyridine rings is 1. The highest BCUT2D eigenvalue weighted by atomic mass is 79.9. The monoisotopic (exact) mass is 317 g/mol. The number of aliphatic hydroxyl groups excluding tert-OH is 1. The Kier molecular flexibility index (Phi) is 3.36. The predicted octanol–water partition coefficient (Wildman–Crippen LogP) is 3.87. The van der Waals surface area contributed by atoms with Crippen molar-refractivity contribution in [2.45, 2.75) is 12.5 Å². The fourth-order valence-corrected chi connectivity index (χ4v) is 2.61. The molecule has 96 valence electrons. The van der Waals surface area contributed by atoms with Crippen LogP contribution in [0.4, 0.5) is 0 Å². The number of aromatic nitrogens is 1. The van der Waals surface area contributed by atoms with Crippen molar-refractivity contribution < 1.29 is 9.52 Å². The van der Waals surface area contributed by atoms with Gasteiger partial charge in [-0.2, -0.15) is 0 Å². The molecule has 19 heavy (non-hydrogen) atoms. The van der Waals surface area contributed by atoms with Crippen LogP contribution in [0.15, 0.2) is 57.7 Å². The number of nitrogens with zero attached hydrogens (tertiary/aromatic N) is 1. The maximum absolute atomic E-state index is 10.4. The number of aliphatic hydroxyl groups is 1. The van der Waals surface area contributed by atoms with Crippen LogP contribution in [0.1, 0.15) is 17.4 Å². The second kappa shape index (κ2) is 5.15. The lowest BCUT2D eigenvalue weighted by atomic mass is 10.0. The van der Waals surface area contributed by atoms with Crippen LogP contribution in [0.5, 0.6) is 0 Å². The van der Waals surface area contributed by atoms with Crippen molar-refractivity contribution in [3.63, 3.8) is 0 Å². The van der Waals surface area contributed by atoms with Crippen LogP contribution in [0.3, 0.4) is 0 Å². The smallest absolute Gasteiger partial charge is 0.106 e. The van der Waals surface area contributed by atoms with Gasteiger partial charge in [-0.1, -0.05) is 28.1 Å². The van der Waals surface area contributed by atoms with E-state index in [4.69, 9.17) is 4.42 Å². The first-order chi connectivity index (χ1) is 9.25. The summed E-state index contributed by atoms with van der Waals surface area (Å²) in [4.78, 5) is 4.37. The first-order valence-electron chi connectivity index (χ1n) is 5.99. The lowest BCUT2D eigenvalue weighted by Crippen LogP contribution is -2.03. The Hall–Kier alpha value is -1.65. The lowest BCUT2D eigenvalue weighted by Gasteiger charge is -2.12. The lowest BCUT2D eigenvalue weighted by molar-refractivity contribution is 0.172. The fourth-order valence-electron chi connectivity index (χ4n) is 2.16. The molecule has 2 aromatic heterocycles. The molecule has 0 aliphatic carbocycles. The number of benzene rings is 1. The van der Waals surface area contributed by atoms with Crippen LogP contribution in [0.2, 0.25) is 0 Å². The summed E-state index contributed by atoms with van der Waals surface area (Å²) in [5.74, 6) is 0.763. The molecule has 3 rings (SSSR count). The fraction of sp³-hybridized carbons (Fsp3) is 0.133. The topological polar surface area (TPSA) is 46.3 Å². The van der Waals surface area contributed by atoms with Crippen molar-refractivity contribution in [2.24, 2.45) is 0 Å². The summed E-state index contributed by atoms with van der Waals surface area (Å²) in [5.41, 5.74) is 1.63. The van der Waals surface area contributed by atoms with Crippen molar-refractivity contribution in [3.05, 3.63) is 64.7 Å². The summed E-state index contributed by atoms with van der Waals surface area (Å²) >= 11 is 3.50. The highest BCUT2D eigenvalue weighted by Gasteiger charge is 2.15. The normalized spacial score (nSPS) is 12.7. The third-order valence-electron chi connectivity index (χ3n) is 3.08. The van der Waals surface area contributed by atoms with E-state index in [2.05, 4.69) is 20.9 Å². The third-order valence-corrected chi connectivity index (χ3v) is 3.77. The van der Waals surface area contributed by atoms with Gasteiger partial charge in [0.05, 0.1) is 17.9 Å². The van der Waals surface area contributed by atoms with Gasteiger partial charge < -0.3 is 9.52 Å². The zero-order valence-corrected chi connectivity index (χ0v) is 11.7.